The zero-order valence-electron chi connectivity index (χ0n) is 13.8. The van der Waals surface area contributed by atoms with Crippen LogP contribution in [-0.4, -0.2) is 25.8 Å². The van der Waals surface area contributed by atoms with E-state index in [9.17, 15) is 4.79 Å². The van der Waals surface area contributed by atoms with Gasteiger partial charge in [0.05, 0.1) is 18.8 Å². The lowest BCUT2D eigenvalue weighted by molar-refractivity contribution is 0.0179. The molecule has 1 rings (SSSR count). The van der Waals surface area contributed by atoms with Crippen molar-refractivity contribution in [2.45, 2.75) is 47.0 Å². The van der Waals surface area contributed by atoms with Gasteiger partial charge in [-0.2, -0.15) is 0 Å². The Morgan fingerprint density at radius 2 is 1.86 bits per heavy atom. The standard InChI is InChI=1S/C18H28O3/c1-5-6-9-15-10-7-8-11-16(15)17(19)21-13-12-20-14-18(2,3)4/h7-8,10-11H,5-6,9,12-14H2,1-4H3. The highest BCUT2D eigenvalue weighted by atomic mass is 16.6. The van der Waals surface area contributed by atoms with Crippen LogP contribution in [0.5, 0.6) is 0 Å². The van der Waals surface area contributed by atoms with E-state index in [0.29, 0.717) is 25.4 Å². The first-order valence-electron chi connectivity index (χ1n) is 7.77. The fourth-order valence-corrected chi connectivity index (χ4v) is 1.95. The quantitative estimate of drug-likeness (QED) is 0.531. The summed E-state index contributed by atoms with van der Waals surface area (Å²) in [6.45, 7) is 9.90. The lowest BCUT2D eigenvalue weighted by Gasteiger charge is -2.18. The number of ether oxygens (including phenoxy) is 2. The Labute approximate surface area is 128 Å². The normalized spacial score (nSPS) is 11.4. The highest BCUT2D eigenvalue weighted by Crippen LogP contribution is 2.14. The van der Waals surface area contributed by atoms with Crippen LogP contribution in [0.1, 0.15) is 56.5 Å². The van der Waals surface area contributed by atoms with Crippen LogP contribution in [0, 0.1) is 5.41 Å². The van der Waals surface area contributed by atoms with Crippen LogP contribution in [0.25, 0.3) is 0 Å². The highest BCUT2D eigenvalue weighted by molar-refractivity contribution is 5.91. The van der Waals surface area contributed by atoms with E-state index in [4.69, 9.17) is 9.47 Å². The predicted octanol–water partition coefficient (Wildman–Crippen LogP) is 4.25. The molecule has 0 fully saturated rings. The number of hydrogen-bond donors (Lipinski definition) is 0. The largest absolute Gasteiger partial charge is 0.460 e. The first-order valence-corrected chi connectivity index (χ1v) is 7.77. The maximum atomic E-state index is 12.1. The molecule has 0 radical (unpaired) electrons. The second-order valence-corrected chi connectivity index (χ2v) is 6.51. The average Bonchev–Trinajstić information content (AvgIpc) is 2.43. The molecule has 0 aliphatic rings. The van der Waals surface area contributed by atoms with Crippen molar-refractivity contribution in [3.8, 4) is 0 Å². The minimum Gasteiger partial charge on any atom is -0.460 e. The maximum absolute atomic E-state index is 12.1. The van der Waals surface area contributed by atoms with Crippen molar-refractivity contribution in [2.75, 3.05) is 19.8 Å². The number of hydrogen-bond acceptors (Lipinski definition) is 3. The van der Waals surface area contributed by atoms with E-state index in [-0.39, 0.29) is 11.4 Å². The van der Waals surface area contributed by atoms with Crippen LogP contribution in [0.4, 0.5) is 0 Å². The van der Waals surface area contributed by atoms with Gasteiger partial charge in [-0.1, -0.05) is 52.3 Å². The van der Waals surface area contributed by atoms with E-state index < -0.39 is 0 Å². The molecule has 0 unspecified atom stereocenters. The summed E-state index contributed by atoms with van der Waals surface area (Å²) in [5.74, 6) is -0.249. The number of unbranched alkanes of at least 4 members (excludes halogenated alkanes) is 1. The zero-order valence-corrected chi connectivity index (χ0v) is 13.8. The molecule has 0 heterocycles. The number of carbonyl (C=O) groups is 1. The molecule has 0 spiro atoms. The minimum absolute atomic E-state index is 0.136. The van der Waals surface area contributed by atoms with E-state index in [1.54, 1.807) is 0 Å². The Bertz CT molecular complexity index is 432. The molecule has 21 heavy (non-hydrogen) atoms. The highest BCUT2D eigenvalue weighted by Gasteiger charge is 2.13. The van der Waals surface area contributed by atoms with Gasteiger partial charge in [0.2, 0.25) is 0 Å². The Kier molecular flexibility index (Phi) is 7.44. The molecule has 0 atom stereocenters. The smallest absolute Gasteiger partial charge is 0.338 e. The summed E-state index contributed by atoms with van der Waals surface area (Å²) < 4.78 is 10.8. The number of aryl methyl sites for hydroxylation is 1. The van der Waals surface area contributed by atoms with Crippen molar-refractivity contribution in [2.24, 2.45) is 5.41 Å². The van der Waals surface area contributed by atoms with Gasteiger partial charge in [0.25, 0.3) is 0 Å². The first kappa shape index (κ1) is 17.7. The summed E-state index contributed by atoms with van der Waals surface area (Å²) in [5.41, 5.74) is 1.89. The second-order valence-electron chi connectivity index (χ2n) is 6.51. The molecule has 3 nitrogen and oxygen atoms in total. The fraction of sp³-hybridized carbons (Fsp3) is 0.611. The molecule has 118 valence electrons. The van der Waals surface area contributed by atoms with E-state index in [2.05, 4.69) is 27.7 Å². The summed E-state index contributed by atoms with van der Waals surface area (Å²) in [5, 5.41) is 0. The lowest BCUT2D eigenvalue weighted by Crippen LogP contribution is -2.18. The van der Waals surface area contributed by atoms with Gasteiger partial charge < -0.3 is 9.47 Å². The molecule has 0 saturated carbocycles. The molecule has 0 saturated heterocycles. The summed E-state index contributed by atoms with van der Waals surface area (Å²) in [6, 6.07) is 7.68. The summed E-state index contributed by atoms with van der Waals surface area (Å²) >= 11 is 0. The Morgan fingerprint density at radius 3 is 2.52 bits per heavy atom. The molecule has 0 aromatic heterocycles. The third kappa shape index (κ3) is 7.28. The number of esters is 1. The van der Waals surface area contributed by atoms with Crippen LogP contribution < -0.4 is 0 Å². The van der Waals surface area contributed by atoms with Gasteiger partial charge in [0.1, 0.15) is 6.61 Å². The Morgan fingerprint density at radius 1 is 1.14 bits per heavy atom. The average molecular weight is 292 g/mol. The van der Waals surface area contributed by atoms with Gasteiger partial charge in [-0.15, -0.1) is 0 Å². The van der Waals surface area contributed by atoms with E-state index >= 15 is 0 Å². The molecule has 3 heteroatoms. The van der Waals surface area contributed by atoms with Gasteiger partial charge in [0.15, 0.2) is 0 Å². The first-order chi connectivity index (χ1) is 9.94. The van der Waals surface area contributed by atoms with Crippen molar-refractivity contribution in [3.05, 3.63) is 35.4 Å². The third-order valence-corrected chi connectivity index (χ3v) is 3.03. The maximum Gasteiger partial charge on any atom is 0.338 e. The van der Waals surface area contributed by atoms with Crippen molar-refractivity contribution in [3.63, 3.8) is 0 Å². The lowest BCUT2D eigenvalue weighted by atomic mass is 9.99. The van der Waals surface area contributed by atoms with Gasteiger partial charge in [-0.25, -0.2) is 4.79 Å². The molecule has 0 aliphatic carbocycles. The second kappa shape index (κ2) is 8.83. The van der Waals surface area contributed by atoms with Gasteiger partial charge >= 0.3 is 5.97 Å². The van der Waals surface area contributed by atoms with E-state index in [1.807, 2.05) is 24.3 Å². The van der Waals surface area contributed by atoms with E-state index in [0.717, 1.165) is 24.8 Å². The summed E-state index contributed by atoms with van der Waals surface area (Å²) in [7, 11) is 0. The van der Waals surface area contributed by atoms with E-state index in [1.165, 1.54) is 0 Å². The number of rotatable bonds is 8. The molecule has 1 aromatic rings. The Balaban J connectivity index is 2.41. The van der Waals surface area contributed by atoms with Crippen molar-refractivity contribution in [1.29, 1.82) is 0 Å². The number of carbonyl (C=O) groups excluding carboxylic acids is 1. The van der Waals surface area contributed by atoms with Gasteiger partial charge in [0, 0.05) is 0 Å². The number of benzene rings is 1. The summed E-state index contributed by atoms with van der Waals surface area (Å²) in [4.78, 5) is 12.1. The molecule has 1 aromatic carbocycles. The van der Waals surface area contributed by atoms with Crippen LogP contribution >= 0.6 is 0 Å². The summed E-state index contributed by atoms with van der Waals surface area (Å²) in [6.07, 6.45) is 3.12. The van der Waals surface area contributed by atoms with Crippen LogP contribution in [0.3, 0.4) is 0 Å². The molecular weight excluding hydrogens is 264 g/mol. The molecule has 0 amide bonds. The topological polar surface area (TPSA) is 35.5 Å². The molecular formula is C18H28O3. The van der Waals surface area contributed by atoms with Gasteiger partial charge in [-0.3, -0.25) is 0 Å². The predicted molar refractivity (Wildman–Crippen MR) is 85.6 cm³/mol. The minimum atomic E-state index is -0.249. The molecule has 0 N–H and O–H groups in total. The fourth-order valence-electron chi connectivity index (χ4n) is 1.95. The third-order valence-electron chi connectivity index (χ3n) is 3.03. The molecule has 0 aliphatic heterocycles. The zero-order chi connectivity index (χ0) is 15.7. The van der Waals surface area contributed by atoms with Crippen LogP contribution in [-0.2, 0) is 15.9 Å². The van der Waals surface area contributed by atoms with Crippen molar-refractivity contribution < 1.29 is 14.3 Å². The monoisotopic (exact) mass is 292 g/mol. The molecule has 0 bridgehead atoms. The van der Waals surface area contributed by atoms with Gasteiger partial charge in [-0.05, 0) is 29.9 Å². The Hall–Kier alpha value is -1.35. The van der Waals surface area contributed by atoms with Crippen LogP contribution in [0.2, 0.25) is 0 Å². The van der Waals surface area contributed by atoms with Crippen LogP contribution in [0.15, 0.2) is 24.3 Å². The van der Waals surface area contributed by atoms with Crippen molar-refractivity contribution in [1.82, 2.24) is 0 Å². The van der Waals surface area contributed by atoms with Crippen molar-refractivity contribution >= 4 is 5.97 Å². The SMILES string of the molecule is CCCCc1ccccc1C(=O)OCCOCC(C)(C)C.